The maximum absolute atomic E-state index is 5.08. The minimum Gasteiger partial charge on any atom is -0.314 e. The number of rotatable bonds is 9. The number of fused-ring (bicyclic) bond motifs is 5. The minimum atomic E-state index is -0.0547. The van der Waals surface area contributed by atoms with Crippen LogP contribution in [-0.2, 0) is 0 Å². The number of pyridine rings is 1. The molecule has 0 saturated carbocycles. The third-order valence-electron chi connectivity index (χ3n) is 15.2. The first-order chi connectivity index (χ1) is 34.9. The average molecular weight is 931 g/mol. The van der Waals surface area contributed by atoms with Gasteiger partial charge in [-0.15, -0.1) is 11.3 Å². The van der Waals surface area contributed by atoms with E-state index in [1.54, 1.807) is 11.3 Å². The van der Waals surface area contributed by atoms with Crippen molar-refractivity contribution in [3.05, 3.63) is 235 Å². The van der Waals surface area contributed by atoms with Gasteiger partial charge in [-0.25, -0.2) is 4.98 Å². The fraction of sp³-hybridized carbons (Fsp3) is 0.0635. The summed E-state index contributed by atoms with van der Waals surface area (Å²) in [4.78, 5) is 12.3. The smallest absolute Gasteiger partial charge is 0.252 e. The molecule has 0 N–H and O–H groups in total. The second-order valence-corrected chi connectivity index (χ2v) is 19.9. The van der Waals surface area contributed by atoms with E-state index >= 15 is 0 Å². The summed E-state index contributed by atoms with van der Waals surface area (Å²) < 4.78 is 6.42. The molecule has 14 rings (SSSR count). The number of benzene rings is 8. The molecule has 6 nitrogen and oxygen atoms in total. The van der Waals surface area contributed by atoms with Gasteiger partial charge in [0.05, 0.1) is 28.1 Å². The third kappa shape index (κ3) is 6.11. The molecule has 71 heavy (non-hydrogen) atoms. The molecule has 0 saturated heterocycles. The molecule has 6 heterocycles. The average Bonchev–Trinajstić information content (AvgIpc) is 4.06. The normalized spacial score (nSPS) is 12.2. The van der Waals surface area contributed by atoms with E-state index in [0.717, 1.165) is 50.6 Å². The van der Waals surface area contributed by atoms with Crippen LogP contribution in [-0.4, -0.2) is 20.8 Å². The van der Waals surface area contributed by atoms with Gasteiger partial charge in [0.25, 0.3) is 6.71 Å². The SMILES string of the molecule is Cc1c(C)n2c3c(ccc(N(c4ccccc4)c4ccccc4)c13)B1c3c-2cc(N(c2ccccn2)c2cc4ccccc4s2)cc3-n2c(C)c(C)c3c(N(c4ccccc4)c4ccccc4)ccc1c32. The van der Waals surface area contributed by atoms with Gasteiger partial charge in [-0.05, 0) is 158 Å². The molecule has 2 aliphatic heterocycles. The first-order valence-corrected chi connectivity index (χ1v) is 25.2. The molecule has 8 heteroatoms. The molecule has 0 aliphatic carbocycles. The summed E-state index contributed by atoms with van der Waals surface area (Å²) in [5.41, 5.74) is 21.7. The Morgan fingerprint density at radius 2 is 0.887 bits per heavy atom. The molecule has 0 unspecified atom stereocenters. The maximum atomic E-state index is 5.08. The van der Waals surface area contributed by atoms with E-state index in [1.165, 1.54) is 82.2 Å². The lowest BCUT2D eigenvalue weighted by molar-refractivity contribution is 1.01. The number of para-hydroxylation sites is 4. The van der Waals surface area contributed by atoms with Crippen molar-refractivity contribution in [1.29, 1.82) is 0 Å². The summed E-state index contributed by atoms with van der Waals surface area (Å²) >= 11 is 1.80. The van der Waals surface area contributed by atoms with Gasteiger partial charge in [0.1, 0.15) is 10.8 Å². The van der Waals surface area contributed by atoms with E-state index in [0.29, 0.717) is 0 Å². The van der Waals surface area contributed by atoms with E-state index in [1.807, 2.05) is 12.3 Å². The van der Waals surface area contributed by atoms with Gasteiger partial charge < -0.3 is 18.9 Å². The number of hydrogen-bond donors (Lipinski definition) is 0. The Morgan fingerprint density at radius 3 is 1.34 bits per heavy atom. The van der Waals surface area contributed by atoms with E-state index in [-0.39, 0.29) is 6.71 Å². The Bertz CT molecular complexity index is 3740. The summed E-state index contributed by atoms with van der Waals surface area (Å²) in [6.45, 7) is 9.22. The zero-order valence-electron chi connectivity index (χ0n) is 39.9. The van der Waals surface area contributed by atoms with Gasteiger partial charge in [-0.3, -0.25) is 4.90 Å². The molecule has 4 aromatic heterocycles. The van der Waals surface area contributed by atoms with Crippen molar-refractivity contribution in [1.82, 2.24) is 14.1 Å². The molecule has 338 valence electrons. The van der Waals surface area contributed by atoms with Gasteiger partial charge >= 0.3 is 0 Å². The number of thiophene rings is 1. The van der Waals surface area contributed by atoms with E-state index in [9.17, 15) is 0 Å². The summed E-state index contributed by atoms with van der Waals surface area (Å²) in [7, 11) is 0. The summed E-state index contributed by atoms with van der Waals surface area (Å²) in [5, 5.41) is 4.86. The number of nitrogens with zero attached hydrogens (tertiary/aromatic N) is 6. The van der Waals surface area contributed by atoms with Gasteiger partial charge in [0.2, 0.25) is 0 Å². The molecular formula is C63H47BN6S. The number of aromatic nitrogens is 3. The monoisotopic (exact) mass is 930 g/mol. The van der Waals surface area contributed by atoms with Gasteiger partial charge in [0.15, 0.2) is 0 Å². The number of hydrogen-bond acceptors (Lipinski definition) is 5. The van der Waals surface area contributed by atoms with Crippen LogP contribution >= 0.6 is 11.3 Å². The number of aryl methyl sites for hydroxylation is 2. The molecule has 0 radical (unpaired) electrons. The highest BCUT2D eigenvalue weighted by Crippen LogP contribution is 2.49. The van der Waals surface area contributed by atoms with Crippen LogP contribution in [0, 0.1) is 27.7 Å². The standard InChI is InChI=1S/C63H47BN6S/c1-40-42(3)66-54-38-49(70(57-31-19-20-36-65-57)58-37-44-21-17-18-30-56(44)71-58)39-55-61(54)64(50-32-34-52(59(40)62(50)66)68(45-22-9-5-10-23-45)46-24-11-6-12-25-46)51-33-35-53(60-41(2)43(4)67(55)63(51)60)69(47-26-13-7-14-27-47)48-28-15-8-16-29-48/h5-39H,1-4H3. The van der Waals surface area contributed by atoms with Crippen molar-refractivity contribution in [3.63, 3.8) is 0 Å². The van der Waals surface area contributed by atoms with Gasteiger partial charge in [-0.1, -0.05) is 109 Å². The van der Waals surface area contributed by atoms with E-state index in [2.05, 4.69) is 252 Å². The summed E-state index contributed by atoms with van der Waals surface area (Å²) in [6, 6.07) is 75.1. The Kier molecular flexibility index (Phi) is 9.32. The fourth-order valence-electron chi connectivity index (χ4n) is 11.9. The first-order valence-electron chi connectivity index (χ1n) is 24.4. The predicted molar refractivity (Wildman–Crippen MR) is 301 cm³/mol. The highest BCUT2D eigenvalue weighted by Gasteiger charge is 2.43. The lowest BCUT2D eigenvalue weighted by Gasteiger charge is -2.37. The van der Waals surface area contributed by atoms with Crippen LogP contribution in [0.2, 0.25) is 0 Å². The van der Waals surface area contributed by atoms with Crippen molar-refractivity contribution in [2.45, 2.75) is 27.7 Å². The second kappa shape index (κ2) is 16.0. The zero-order chi connectivity index (χ0) is 47.5. The van der Waals surface area contributed by atoms with Crippen LogP contribution in [0.15, 0.2) is 212 Å². The van der Waals surface area contributed by atoms with E-state index < -0.39 is 0 Å². The summed E-state index contributed by atoms with van der Waals surface area (Å²) in [6.07, 6.45) is 1.91. The molecule has 12 aromatic rings. The van der Waals surface area contributed by atoms with Crippen LogP contribution in [0.4, 0.5) is 50.6 Å². The van der Waals surface area contributed by atoms with Crippen LogP contribution in [0.3, 0.4) is 0 Å². The van der Waals surface area contributed by atoms with Gasteiger partial charge in [0, 0.05) is 67.2 Å². The summed E-state index contributed by atoms with van der Waals surface area (Å²) in [5.74, 6) is 0.874. The fourth-order valence-corrected chi connectivity index (χ4v) is 13.0. The van der Waals surface area contributed by atoms with Crippen LogP contribution in [0.5, 0.6) is 0 Å². The van der Waals surface area contributed by atoms with Crippen LogP contribution in [0.1, 0.15) is 22.5 Å². The molecule has 0 fully saturated rings. The quantitative estimate of drug-likeness (QED) is 0.135. The molecule has 8 aromatic carbocycles. The molecule has 0 bridgehead atoms. The molecule has 0 spiro atoms. The Labute approximate surface area is 417 Å². The zero-order valence-corrected chi connectivity index (χ0v) is 40.7. The highest BCUT2D eigenvalue weighted by atomic mass is 32.1. The first kappa shape index (κ1) is 41.4. The Hall–Kier alpha value is -8.59. The van der Waals surface area contributed by atoms with Crippen molar-refractivity contribution in [2.24, 2.45) is 0 Å². The predicted octanol–water partition coefficient (Wildman–Crippen LogP) is 15.0. The van der Waals surface area contributed by atoms with Crippen molar-refractivity contribution in [2.75, 3.05) is 14.7 Å². The maximum Gasteiger partial charge on any atom is 0.252 e. The Balaban J connectivity index is 1.11. The molecule has 2 aliphatic rings. The molecule has 0 amide bonds. The molecular weight excluding hydrogens is 884 g/mol. The van der Waals surface area contributed by atoms with Gasteiger partial charge in [-0.2, -0.15) is 0 Å². The lowest BCUT2D eigenvalue weighted by Crippen LogP contribution is -2.59. The Morgan fingerprint density at radius 1 is 0.437 bits per heavy atom. The largest absolute Gasteiger partial charge is 0.314 e. The minimum absolute atomic E-state index is 0.0547. The third-order valence-corrected chi connectivity index (χ3v) is 16.3. The lowest BCUT2D eigenvalue weighted by atomic mass is 9.34. The number of anilines is 9. The highest BCUT2D eigenvalue weighted by molar-refractivity contribution is 7.23. The van der Waals surface area contributed by atoms with E-state index in [4.69, 9.17) is 4.98 Å². The van der Waals surface area contributed by atoms with Crippen molar-refractivity contribution < 1.29 is 0 Å². The van der Waals surface area contributed by atoms with Crippen LogP contribution < -0.4 is 31.1 Å². The van der Waals surface area contributed by atoms with Crippen molar-refractivity contribution in [3.8, 4) is 11.4 Å². The topological polar surface area (TPSA) is 32.5 Å². The van der Waals surface area contributed by atoms with Crippen LogP contribution in [0.25, 0.3) is 43.3 Å². The van der Waals surface area contributed by atoms with Crippen molar-refractivity contribution >= 4 is 117 Å². The molecule has 0 atom stereocenters. The second-order valence-electron chi connectivity index (χ2n) is 18.9.